The fourth-order valence-corrected chi connectivity index (χ4v) is 6.59. The molecule has 0 saturated carbocycles. The number of carbonyl (C=O) groups excluding carboxylic acids is 3. The Hall–Kier alpha value is -4.44. The summed E-state index contributed by atoms with van der Waals surface area (Å²) in [7, 11) is 4.43. The van der Waals surface area contributed by atoms with E-state index < -0.39 is 64.7 Å². The molecule has 4 bridgehead atoms. The van der Waals surface area contributed by atoms with Crippen LogP contribution < -0.4 is 20.3 Å². The lowest BCUT2D eigenvalue weighted by atomic mass is 9.83. The lowest BCUT2D eigenvalue weighted by molar-refractivity contribution is -0.424. The van der Waals surface area contributed by atoms with Crippen molar-refractivity contribution >= 4 is 35.4 Å². The fourth-order valence-electron chi connectivity index (χ4n) is 6.27. The molecule has 7 atom stereocenters. The molecule has 0 unspecified atom stereocenters. The van der Waals surface area contributed by atoms with Gasteiger partial charge >= 0.3 is 12.2 Å². The number of amides is 3. The Bertz CT molecular complexity index is 1680. The number of halogens is 1. The van der Waals surface area contributed by atoms with Crippen LogP contribution in [0.2, 0.25) is 5.02 Å². The molecule has 1 aromatic rings. The number of carbonyl (C=O) groups is 3. The van der Waals surface area contributed by atoms with Crippen LogP contribution in [0.15, 0.2) is 59.5 Å². The van der Waals surface area contributed by atoms with Crippen LogP contribution in [0.4, 0.5) is 15.3 Å². The van der Waals surface area contributed by atoms with E-state index in [0.29, 0.717) is 17.9 Å². The lowest BCUT2D eigenvalue weighted by Gasteiger charge is -2.42. The molecule has 0 radical (unpaired) electrons. The molecule has 0 aromatic heterocycles. The monoisotopic (exact) mass is 732 g/mol. The van der Waals surface area contributed by atoms with Gasteiger partial charge in [-0.2, -0.15) is 0 Å². The van der Waals surface area contributed by atoms with E-state index in [4.69, 9.17) is 35.3 Å². The van der Waals surface area contributed by atoms with Gasteiger partial charge in [0.15, 0.2) is 5.72 Å². The first-order chi connectivity index (χ1) is 23.9. The van der Waals surface area contributed by atoms with Crippen molar-refractivity contribution in [2.45, 2.75) is 89.6 Å². The second kappa shape index (κ2) is 15.8. The van der Waals surface area contributed by atoms with Crippen molar-refractivity contribution in [3.05, 3.63) is 80.2 Å². The molecule has 2 saturated heterocycles. The number of nitrogens with one attached hydrogen (secondary N) is 2. The van der Waals surface area contributed by atoms with Gasteiger partial charge in [0.2, 0.25) is 11.6 Å². The predicted molar refractivity (Wildman–Crippen MR) is 187 cm³/mol. The van der Waals surface area contributed by atoms with E-state index in [9.17, 15) is 29.6 Å². The summed E-state index contributed by atoms with van der Waals surface area (Å²) < 4.78 is 28.8. The Balaban J connectivity index is 1.75. The average molecular weight is 733 g/mol. The van der Waals surface area contributed by atoms with Crippen LogP contribution in [0.5, 0.6) is 5.75 Å². The first-order valence-electron chi connectivity index (χ1n) is 16.3. The Morgan fingerprint density at radius 2 is 1.96 bits per heavy atom. The van der Waals surface area contributed by atoms with Gasteiger partial charge in [0.25, 0.3) is 0 Å². The summed E-state index contributed by atoms with van der Waals surface area (Å²) >= 11 is 6.71. The van der Waals surface area contributed by atoms with Crippen LogP contribution in [0.1, 0.15) is 53.0 Å². The molecule has 3 heterocycles. The van der Waals surface area contributed by atoms with Crippen LogP contribution in [0.3, 0.4) is 0 Å². The third-order valence-corrected chi connectivity index (χ3v) is 9.74. The summed E-state index contributed by atoms with van der Waals surface area (Å²) in [6, 6.07) is 3.54. The Labute approximate surface area is 301 Å². The quantitative estimate of drug-likeness (QED) is 0.155. The van der Waals surface area contributed by atoms with Gasteiger partial charge in [-0.25, -0.2) is 9.59 Å². The van der Waals surface area contributed by atoms with Gasteiger partial charge in [0, 0.05) is 45.2 Å². The van der Waals surface area contributed by atoms with Gasteiger partial charge < -0.3 is 33.7 Å². The maximum absolute atomic E-state index is 14.0. The number of epoxide rings is 1. The number of nitro groups is 1. The molecule has 2 fully saturated rings. The van der Waals surface area contributed by atoms with Gasteiger partial charge in [-0.1, -0.05) is 42.3 Å². The number of allylic oxidation sites excluding steroid dienone is 7. The van der Waals surface area contributed by atoms with Crippen LogP contribution in [-0.2, 0) is 30.2 Å². The van der Waals surface area contributed by atoms with Gasteiger partial charge in [-0.3, -0.25) is 25.5 Å². The zero-order valence-corrected chi connectivity index (χ0v) is 30.6. The summed E-state index contributed by atoms with van der Waals surface area (Å²) in [6.45, 7) is 8.18. The predicted octanol–water partition coefficient (Wildman–Crippen LogP) is 4.93. The normalized spacial score (nSPS) is 32.0. The molecular weight excluding hydrogens is 688 g/mol. The van der Waals surface area contributed by atoms with Crippen LogP contribution in [0, 0.1) is 16.0 Å². The molecule has 1 aromatic carbocycles. The van der Waals surface area contributed by atoms with E-state index in [-0.39, 0.29) is 29.3 Å². The summed E-state index contributed by atoms with van der Waals surface area (Å²) in [5.41, 5.74) is -0.907. The number of ether oxygens (including phenoxy) is 5. The first-order valence-corrected chi connectivity index (χ1v) is 16.7. The lowest BCUT2D eigenvalue weighted by Crippen LogP contribution is -2.63. The maximum atomic E-state index is 14.0. The minimum absolute atomic E-state index is 0.0692. The third-order valence-electron chi connectivity index (χ3n) is 9.36. The van der Waals surface area contributed by atoms with E-state index in [2.05, 4.69) is 10.6 Å². The summed E-state index contributed by atoms with van der Waals surface area (Å²) in [4.78, 5) is 51.7. The molecule has 3 amide bonds. The minimum atomic E-state index is -1.84. The number of alkyl carbamates (subject to hydrolysis) is 2. The number of methoxy groups -OCH3 is 2. The van der Waals surface area contributed by atoms with Crippen molar-refractivity contribution in [2.24, 2.45) is 5.92 Å². The highest BCUT2D eigenvalue weighted by Gasteiger charge is 2.64. The molecule has 4 rings (SSSR count). The molecule has 0 spiro atoms. The van der Waals surface area contributed by atoms with Crippen molar-refractivity contribution in [3.63, 3.8) is 0 Å². The Morgan fingerprint density at radius 1 is 1.25 bits per heavy atom. The van der Waals surface area contributed by atoms with Gasteiger partial charge in [0.05, 0.1) is 30.2 Å². The smallest absolute Gasteiger partial charge is 0.411 e. The maximum Gasteiger partial charge on any atom is 0.411 e. The summed E-state index contributed by atoms with van der Waals surface area (Å²) in [5, 5.41) is 27.9. The molecule has 16 heteroatoms. The van der Waals surface area contributed by atoms with Crippen LogP contribution in [-0.4, -0.2) is 85.1 Å². The molecule has 278 valence electrons. The number of rotatable bonds is 6. The van der Waals surface area contributed by atoms with E-state index in [1.54, 1.807) is 45.2 Å². The number of fused-ring (bicyclic) bond motifs is 5. The van der Waals surface area contributed by atoms with Gasteiger partial charge in [-0.05, 0) is 51.0 Å². The van der Waals surface area contributed by atoms with E-state index >= 15 is 0 Å². The highest BCUT2D eigenvalue weighted by Crippen LogP contribution is 2.49. The van der Waals surface area contributed by atoms with Gasteiger partial charge in [0.1, 0.15) is 34.7 Å². The van der Waals surface area contributed by atoms with E-state index in [0.717, 1.165) is 11.1 Å². The third kappa shape index (κ3) is 9.08. The van der Waals surface area contributed by atoms with Crippen LogP contribution in [0.25, 0.3) is 0 Å². The Kier molecular flexibility index (Phi) is 12.2. The van der Waals surface area contributed by atoms with Crippen molar-refractivity contribution in [2.75, 3.05) is 26.2 Å². The van der Waals surface area contributed by atoms with E-state index in [1.165, 1.54) is 45.1 Å². The zero-order chi connectivity index (χ0) is 37.8. The SMILES string of the molecule is COc1cc2cc(c1Cl)N(C)C(=O)C[C@H](OC(=O)N/C(C)=C/C=C(\C)[N+](=O)[O-])[C@]1(C)O[C@H]1[C@H](C)[C@@H]1C[C@@](O)(NC(=O)O1)[C@H](OC)/C=C/C=C(\C)C2. The molecule has 15 nitrogen and oxygen atoms in total. The highest BCUT2D eigenvalue weighted by atomic mass is 35.5. The number of hydrogen-bond donors (Lipinski definition) is 3. The number of nitrogens with zero attached hydrogens (tertiary/aromatic N) is 2. The van der Waals surface area contributed by atoms with Crippen LogP contribution >= 0.6 is 11.6 Å². The van der Waals surface area contributed by atoms with Crippen molar-refractivity contribution in [1.29, 1.82) is 0 Å². The molecule has 3 aliphatic rings. The molecule has 51 heavy (non-hydrogen) atoms. The summed E-state index contributed by atoms with van der Waals surface area (Å²) in [6.07, 6.45) is 2.35. The molecule has 3 N–H and O–H groups in total. The average Bonchev–Trinajstić information content (AvgIpc) is 3.76. The van der Waals surface area contributed by atoms with Crippen molar-refractivity contribution < 1.29 is 48.1 Å². The number of anilines is 1. The second-order valence-corrected chi connectivity index (χ2v) is 13.6. The number of aliphatic hydroxyl groups is 1. The zero-order valence-electron chi connectivity index (χ0n) is 29.9. The summed E-state index contributed by atoms with van der Waals surface area (Å²) in [5.74, 6) is -0.662. The van der Waals surface area contributed by atoms with E-state index in [1.807, 2.05) is 13.0 Å². The topological polar surface area (TPSA) is 191 Å². The molecular formula is C35H45ClN4O11. The Morgan fingerprint density at radius 3 is 2.61 bits per heavy atom. The van der Waals surface area contributed by atoms with Gasteiger partial charge in [-0.15, -0.1) is 0 Å². The molecule has 0 aliphatic carbocycles. The minimum Gasteiger partial charge on any atom is -0.495 e. The standard InChI is InChI=1S/C35H45ClN4O11/c1-19-10-9-11-27(48-8)35(44)18-26(49-33(43)38-35)22(4)31-34(5,51-31)28(50-32(42)37-20(2)12-13-21(3)40(45)46)17-29(41)39(6)24-15-23(14-19)16-25(47-7)30(24)36/h9-13,15-16,22,26-28,31,44H,14,17-18H2,1-8H3,(H,37,42)(H,38,43)/b11-9+,19-10+,20-12+,21-13+/t22-,26+,27-,28+,31+,34+,35+/m1/s1. The highest BCUT2D eigenvalue weighted by molar-refractivity contribution is 6.35. The first kappa shape index (κ1) is 39.3. The number of benzene rings is 1. The molecule has 3 aliphatic heterocycles. The second-order valence-electron chi connectivity index (χ2n) is 13.2. The number of hydrogen-bond acceptors (Lipinski definition) is 11. The van der Waals surface area contributed by atoms with Crippen molar-refractivity contribution in [1.82, 2.24) is 10.6 Å². The van der Waals surface area contributed by atoms with Crippen molar-refractivity contribution in [3.8, 4) is 5.75 Å². The fraction of sp³-hybridized carbons (Fsp3) is 0.514. The largest absolute Gasteiger partial charge is 0.495 e.